The summed E-state index contributed by atoms with van der Waals surface area (Å²) >= 11 is 0. The van der Waals surface area contributed by atoms with E-state index in [0.717, 1.165) is 37.4 Å². The first kappa shape index (κ1) is 21.2. The zero-order valence-corrected chi connectivity index (χ0v) is 16.9. The van der Waals surface area contributed by atoms with Gasteiger partial charge in [0.1, 0.15) is 5.75 Å². The summed E-state index contributed by atoms with van der Waals surface area (Å²) in [7, 11) is 1.65. The molecule has 0 aliphatic carbocycles. The average Bonchev–Trinajstić information content (AvgIpc) is 2.73. The van der Waals surface area contributed by atoms with Gasteiger partial charge in [0.15, 0.2) is 0 Å². The topological polar surface area (TPSA) is 53.1 Å². The van der Waals surface area contributed by atoms with E-state index in [4.69, 9.17) is 4.74 Å². The summed E-state index contributed by atoms with van der Waals surface area (Å²) in [5.41, 5.74) is 1.13. The molecule has 0 radical (unpaired) electrons. The maximum absolute atomic E-state index is 12.5. The molecule has 0 spiro atoms. The number of hydrogen-bond donors (Lipinski definition) is 0. The number of ether oxygens (including phenoxy) is 1. The summed E-state index contributed by atoms with van der Waals surface area (Å²) in [6, 6.07) is 7.84. The van der Waals surface area contributed by atoms with Crippen LogP contribution in [-0.2, 0) is 16.0 Å². The van der Waals surface area contributed by atoms with Gasteiger partial charge in [-0.25, -0.2) is 0 Å². The lowest BCUT2D eigenvalue weighted by Gasteiger charge is -2.35. The maximum atomic E-state index is 12.5. The second-order valence-electron chi connectivity index (χ2n) is 6.89. The molecule has 1 fully saturated rings. The fourth-order valence-electron chi connectivity index (χ4n) is 3.36. The average molecular weight is 376 g/mol. The van der Waals surface area contributed by atoms with Crippen LogP contribution in [0, 0.1) is 0 Å². The first-order valence-electron chi connectivity index (χ1n) is 9.98. The number of piperazine rings is 1. The summed E-state index contributed by atoms with van der Waals surface area (Å²) in [4.78, 5) is 30.9. The Bertz CT molecular complexity index is 591. The van der Waals surface area contributed by atoms with Crippen LogP contribution < -0.4 is 4.74 Å². The molecule has 1 aliphatic rings. The van der Waals surface area contributed by atoms with Crippen LogP contribution in [0.3, 0.4) is 0 Å². The number of amides is 2. The van der Waals surface area contributed by atoms with Crippen molar-refractivity contribution in [1.29, 1.82) is 0 Å². The summed E-state index contributed by atoms with van der Waals surface area (Å²) in [5, 5.41) is 0. The van der Waals surface area contributed by atoms with Crippen LogP contribution in [0.5, 0.6) is 5.75 Å². The molecule has 1 aromatic rings. The lowest BCUT2D eigenvalue weighted by Crippen LogP contribution is -2.51. The molecule has 2 rings (SSSR count). The highest BCUT2D eigenvalue weighted by Crippen LogP contribution is 2.14. The Hall–Kier alpha value is -2.08. The predicted molar refractivity (Wildman–Crippen MR) is 107 cm³/mol. The van der Waals surface area contributed by atoms with E-state index in [-0.39, 0.29) is 11.8 Å². The Morgan fingerprint density at radius 2 is 1.44 bits per heavy atom. The van der Waals surface area contributed by atoms with Crippen molar-refractivity contribution in [1.82, 2.24) is 14.7 Å². The van der Waals surface area contributed by atoms with Gasteiger partial charge in [-0.3, -0.25) is 9.59 Å². The van der Waals surface area contributed by atoms with E-state index in [1.807, 2.05) is 34.1 Å². The van der Waals surface area contributed by atoms with E-state index in [1.165, 1.54) is 0 Å². The summed E-state index contributed by atoms with van der Waals surface area (Å²) in [6.45, 7) is 9.55. The normalized spacial score (nSPS) is 14.5. The van der Waals surface area contributed by atoms with Crippen molar-refractivity contribution >= 4 is 11.8 Å². The standard InChI is InChI=1S/C21H33N3O3/c1-4-22(5-2)13-12-21(26)24-16-14-23(15-17-24)20(25)11-8-18-6-9-19(27-3)10-7-18/h6-7,9-10H,4-5,8,11-17H2,1-3H3. The number of nitrogens with zero attached hydrogens (tertiary/aromatic N) is 3. The molecule has 6 nitrogen and oxygen atoms in total. The molecule has 0 aromatic heterocycles. The van der Waals surface area contributed by atoms with E-state index < -0.39 is 0 Å². The molecule has 0 saturated carbocycles. The summed E-state index contributed by atoms with van der Waals surface area (Å²) in [5.74, 6) is 1.19. The highest BCUT2D eigenvalue weighted by Gasteiger charge is 2.23. The number of methoxy groups -OCH3 is 1. The SMILES string of the molecule is CCN(CC)CCC(=O)N1CCN(C(=O)CCc2ccc(OC)cc2)CC1. The summed E-state index contributed by atoms with van der Waals surface area (Å²) in [6.07, 6.45) is 1.79. The van der Waals surface area contributed by atoms with Crippen LogP contribution in [0.4, 0.5) is 0 Å². The van der Waals surface area contributed by atoms with Crippen LogP contribution in [0.2, 0.25) is 0 Å². The molecule has 1 aromatic carbocycles. The molecule has 0 N–H and O–H groups in total. The van der Waals surface area contributed by atoms with Crippen molar-refractivity contribution in [2.24, 2.45) is 0 Å². The quantitative estimate of drug-likeness (QED) is 0.663. The molecule has 0 unspecified atom stereocenters. The molecule has 6 heteroatoms. The third-order valence-electron chi connectivity index (χ3n) is 5.31. The number of carbonyl (C=O) groups is 2. The van der Waals surface area contributed by atoms with Gasteiger partial charge in [0, 0.05) is 45.6 Å². The Labute approximate surface area is 163 Å². The van der Waals surface area contributed by atoms with Gasteiger partial charge in [0.25, 0.3) is 0 Å². The highest BCUT2D eigenvalue weighted by atomic mass is 16.5. The number of benzene rings is 1. The molecule has 0 atom stereocenters. The first-order valence-corrected chi connectivity index (χ1v) is 9.98. The lowest BCUT2D eigenvalue weighted by molar-refractivity contribution is -0.139. The van der Waals surface area contributed by atoms with E-state index in [1.54, 1.807) is 7.11 Å². The molecule has 27 heavy (non-hydrogen) atoms. The van der Waals surface area contributed by atoms with E-state index in [2.05, 4.69) is 18.7 Å². The minimum Gasteiger partial charge on any atom is -0.497 e. The summed E-state index contributed by atoms with van der Waals surface area (Å²) < 4.78 is 5.15. The monoisotopic (exact) mass is 375 g/mol. The van der Waals surface area contributed by atoms with Gasteiger partial charge >= 0.3 is 0 Å². The zero-order chi connectivity index (χ0) is 19.6. The Morgan fingerprint density at radius 3 is 1.93 bits per heavy atom. The van der Waals surface area contributed by atoms with Crippen LogP contribution >= 0.6 is 0 Å². The highest BCUT2D eigenvalue weighted by molar-refractivity contribution is 5.78. The van der Waals surface area contributed by atoms with Gasteiger partial charge in [-0.2, -0.15) is 0 Å². The maximum Gasteiger partial charge on any atom is 0.223 e. The number of carbonyl (C=O) groups excluding carboxylic acids is 2. The van der Waals surface area contributed by atoms with Crippen molar-refractivity contribution in [3.8, 4) is 5.75 Å². The van der Waals surface area contributed by atoms with E-state index in [0.29, 0.717) is 39.0 Å². The Kier molecular flexibility index (Phi) is 8.58. The molecule has 1 heterocycles. The van der Waals surface area contributed by atoms with Crippen LogP contribution in [0.15, 0.2) is 24.3 Å². The van der Waals surface area contributed by atoms with Gasteiger partial charge in [-0.15, -0.1) is 0 Å². The van der Waals surface area contributed by atoms with Crippen LogP contribution in [0.1, 0.15) is 32.3 Å². The smallest absolute Gasteiger partial charge is 0.223 e. The third-order valence-corrected chi connectivity index (χ3v) is 5.31. The molecular weight excluding hydrogens is 342 g/mol. The van der Waals surface area contributed by atoms with Crippen molar-refractivity contribution in [3.05, 3.63) is 29.8 Å². The fraction of sp³-hybridized carbons (Fsp3) is 0.619. The van der Waals surface area contributed by atoms with Gasteiger partial charge in [0.05, 0.1) is 7.11 Å². The molecular formula is C21H33N3O3. The second-order valence-corrected chi connectivity index (χ2v) is 6.89. The fourth-order valence-corrected chi connectivity index (χ4v) is 3.36. The minimum atomic E-state index is 0.168. The van der Waals surface area contributed by atoms with Crippen molar-refractivity contribution in [2.75, 3.05) is 52.9 Å². The minimum absolute atomic E-state index is 0.168. The molecule has 150 valence electrons. The molecule has 2 amide bonds. The van der Waals surface area contributed by atoms with E-state index in [9.17, 15) is 9.59 Å². The predicted octanol–water partition coefficient (Wildman–Crippen LogP) is 2.03. The van der Waals surface area contributed by atoms with Crippen molar-refractivity contribution in [3.63, 3.8) is 0 Å². The second kappa shape index (κ2) is 10.9. The molecule has 1 aliphatic heterocycles. The van der Waals surface area contributed by atoms with Crippen LogP contribution in [-0.4, -0.2) is 79.4 Å². The van der Waals surface area contributed by atoms with Crippen LogP contribution in [0.25, 0.3) is 0 Å². The largest absolute Gasteiger partial charge is 0.497 e. The Morgan fingerprint density at radius 1 is 0.926 bits per heavy atom. The molecule has 0 bridgehead atoms. The van der Waals surface area contributed by atoms with Crippen molar-refractivity contribution in [2.45, 2.75) is 33.1 Å². The van der Waals surface area contributed by atoms with Crippen molar-refractivity contribution < 1.29 is 14.3 Å². The third kappa shape index (κ3) is 6.54. The number of rotatable bonds is 9. The Balaban J connectivity index is 1.70. The van der Waals surface area contributed by atoms with Gasteiger partial charge < -0.3 is 19.4 Å². The lowest BCUT2D eigenvalue weighted by atomic mass is 10.1. The molecule has 1 saturated heterocycles. The van der Waals surface area contributed by atoms with E-state index >= 15 is 0 Å². The first-order chi connectivity index (χ1) is 13.1. The zero-order valence-electron chi connectivity index (χ0n) is 16.9. The van der Waals surface area contributed by atoms with Gasteiger partial charge in [-0.05, 0) is 37.2 Å². The van der Waals surface area contributed by atoms with Gasteiger partial charge in [0.2, 0.25) is 11.8 Å². The van der Waals surface area contributed by atoms with Gasteiger partial charge in [-0.1, -0.05) is 26.0 Å². The number of hydrogen-bond acceptors (Lipinski definition) is 4. The number of aryl methyl sites for hydroxylation is 1.